The first-order valence-corrected chi connectivity index (χ1v) is 11.2. The highest BCUT2D eigenvalue weighted by atomic mass is 32.2. The summed E-state index contributed by atoms with van der Waals surface area (Å²) in [6.07, 6.45) is 5.56. The van der Waals surface area contributed by atoms with Crippen molar-refractivity contribution < 1.29 is 19.1 Å². The normalized spacial score (nSPS) is 15.5. The van der Waals surface area contributed by atoms with Crippen LogP contribution in [0.4, 0.5) is 5.69 Å². The minimum Gasteiger partial charge on any atom is -0.465 e. The van der Waals surface area contributed by atoms with Crippen LogP contribution in [0.25, 0.3) is 11.4 Å². The van der Waals surface area contributed by atoms with Crippen LogP contribution in [0, 0.1) is 0 Å². The number of rotatable bonds is 8. The lowest BCUT2D eigenvalue weighted by Crippen LogP contribution is -2.18. The summed E-state index contributed by atoms with van der Waals surface area (Å²) in [6.45, 7) is 1.39. The van der Waals surface area contributed by atoms with Gasteiger partial charge in [-0.2, -0.15) is 0 Å². The van der Waals surface area contributed by atoms with Crippen molar-refractivity contribution in [3.63, 3.8) is 0 Å². The van der Waals surface area contributed by atoms with Crippen molar-refractivity contribution in [3.05, 3.63) is 54.4 Å². The quantitative estimate of drug-likeness (QED) is 0.410. The van der Waals surface area contributed by atoms with Crippen LogP contribution in [-0.2, 0) is 20.8 Å². The van der Waals surface area contributed by atoms with E-state index in [1.165, 1.54) is 18.9 Å². The molecule has 2 aromatic heterocycles. The summed E-state index contributed by atoms with van der Waals surface area (Å²) in [4.78, 5) is 28.1. The van der Waals surface area contributed by atoms with Gasteiger partial charge in [-0.05, 0) is 49.2 Å². The lowest BCUT2D eigenvalue weighted by Gasteiger charge is -2.14. The largest absolute Gasteiger partial charge is 0.465 e. The van der Waals surface area contributed by atoms with Crippen molar-refractivity contribution in [1.29, 1.82) is 0 Å². The molecule has 4 rings (SSSR count). The average Bonchev–Trinajstić information content (AvgIpc) is 3.49. The topological polar surface area (TPSA) is 108 Å². The number of esters is 1. The number of hydrogen-bond acceptors (Lipinski definition) is 8. The fourth-order valence-electron chi connectivity index (χ4n) is 3.40. The predicted molar refractivity (Wildman–Crippen MR) is 119 cm³/mol. The monoisotopic (exact) mass is 453 g/mol. The Labute approximate surface area is 189 Å². The van der Waals surface area contributed by atoms with Crippen molar-refractivity contribution >= 4 is 29.3 Å². The number of nitrogens with zero attached hydrogens (tertiary/aromatic N) is 4. The number of ether oxygens (including phenoxy) is 2. The van der Waals surface area contributed by atoms with Crippen LogP contribution in [0.5, 0.6) is 0 Å². The predicted octanol–water partition coefficient (Wildman–Crippen LogP) is 3.04. The Morgan fingerprint density at radius 1 is 1.19 bits per heavy atom. The third-order valence-corrected chi connectivity index (χ3v) is 5.95. The Kier molecular flexibility index (Phi) is 7.13. The first-order valence-electron chi connectivity index (χ1n) is 10.2. The molecular formula is C22H23N5O4S. The van der Waals surface area contributed by atoms with E-state index in [1.54, 1.807) is 36.7 Å². The van der Waals surface area contributed by atoms with Gasteiger partial charge >= 0.3 is 5.97 Å². The Balaban J connectivity index is 1.43. The van der Waals surface area contributed by atoms with Crippen LogP contribution in [-0.4, -0.2) is 57.2 Å². The molecular weight excluding hydrogens is 430 g/mol. The maximum atomic E-state index is 12.5. The highest BCUT2D eigenvalue weighted by Crippen LogP contribution is 2.26. The van der Waals surface area contributed by atoms with Crippen molar-refractivity contribution in [2.75, 3.05) is 24.8 Å². The number of anilines is 1. The van der Waals surface area contributed by atoms with Gasteiger partial charge in [0.15, 0.2) is 11.0 Å². The second kappa shape index (κ2) is 10.4. The lowest BCUT2D eigenvalue weighted by molar-refractivity contribution is -0.113. The maximum Gasteiger partial charge on any atom is 0.337 e. The molecule has 1 unspecified atom stereocenters. The number of methoxy groups -OCH3 is 1. The molecule has 1 aliphatic heterocycles. The van der Waals surface area contributed by atoms with Crippen molar-refractivity contribution in [2.24, 2.45) is 0 Å². The van der Waals surface area contributed by atoms with Crippen LogP contribution in [0.1, 0.15) is 23.2 Å². The van der Waals surface area contributed by atoms with Gasteiger partial charge in [-0.15, -0.1) is 10.2 Å². The molecule has 3 heterocycles. The molecule has 1 fully saturated rings. The molecule has 0 spiro atoms. The lowest BCUT2D eigenvalue weighted by atomic mass is 10.2. The number of carbonyl (C=O) groups excluding carboxylic acids is 2. The molecule has 1 aliphatic rings. The second-order valence-electron chi connectivity index (χ2n) is 7.19. The molecule has 32 heavy (non-hydrogen) atoms. The van der Waals surface area contributed by atoms with Gasteiger partial charge in [0.2, 0.25) is 5.91 Å². The first kappa shape index (κ1) is 22.0. The molecule has 0 bridgehead atoms. The Morgan fingerprint density at radius 2 is 1.97 bits per heavy atom. The fourth-order valence-corrected chi connectivity index (χ4v) is 4.15. The molecule has 10 heteroatoms. The van der Waals surface area contributed by atoms with Crippen molar-refractivity contribution in [1.82, 2.24) is 19.7 Å². The van der Waals surface area contributed by atoms with E-state index in [-0.39, 0.29) is 17.8 Å². The van der Waals surface area contributed by atoms with Crippen molar-refractivity contribution in [2.45, 2.75) is 30.6 Å². The van der Waals surface area contributed by atoms with E-state index in [4.69, 9.17) is 4.74 Å². The zero-order valence-electron chi connectivity index (χ0n) is 17.6. The first-order chi connectivity index (χ1) is 15.6. The summed E-state index contributed by atoms with van der Waals surface area (Å²) < 4.78 is 12.5. The van der Waals surface area contributed by atoms with Gasteiger partial charge in [0.05, 0.1) is 31.1 Å². The number of thioether (sulfide) groups is 1. The number of aromatic nitrogens is 4. The molecule has 1 aromatic carbocycles. The highest BCUT2D eigenvalue weighted by Gasteiger charge is 2.22. The summed E-state index contributed by atoms with van der Waals surface area (Å²) in [5.74, 6) is 0.287. The van der Waals surface area contributed by atoms with Gasteiger partial charge in [-0.3, -0.25) is 14.3 Å². The van der Waals surface area contributed by atoms with Gasteiger partial charge in [0.1, 0.15) is 0 Å². The minimum absolute atomic E-state index is 0.105. The molecule has 9 nitrogen and oxygen atoms in total. The number of carbonyl (C=O) groups is 2. The molecule has 0 saturated carbocycles. The SMILES string of the molecule is COC(=O)c1ccc(NC(=O)CSc2nnc(-c3ccncc3)n2CC2CCCO2)cc1. The Hall–Kier alpha value is -3.24. The van der Waals surface area contributed by atoms with Crippen LogP contribution in [0.2, 0.25) is 0 Å². The number of amides is 1. The van der Waals surface area contributed by atoms with E-state index < -0.39 is 5.97 Å². The van der Waals surface area contributed by atoms with Gasteiger partial charge in [-0.25, -0.2) is 4.79 Å². The van der Waals surface area contributed by atoms with Gasteiger partial charge < -0.3 is 14.8 Å². The summed E-state index contributed by atoms with van der Waals surface area (Å²) in [7, 11) is 1.33. The van der Waals surface area contributed by atoms with E-state index in [0.29, 0.717) is 23.0 Å². The van der Waals surface area contributed by atoms with Crippen LogP contribution >= 0.6 is 11.8 Å². The third-order valence-electron chi connectivity index (χ3n) is 4.99. The van der Waals surface area contributed by atoms with Gasteiger partial charge in [-0.1, -0.05) is 11.8 Å². The number of hydrogen-bond donors (Lipinski definition) is 1. The molecule has 0 aliphatic carbocycles. The van der Waals surface area contributed by atoms with E-state index >= 15 is 0 Å². The van der Waals surface area contributed by atoms with Crippen LogP contribution < -0.4 is 5.32 Å². The van der Waals surface area contributed by atoms with Crippen molar-refractivity contribution in [3.8, 4) is 11.4 Å². The zero-order valence-corrected chi connectivity index (χ0v) is 18.4. The summed E-state index contributed by atoms with van der Waals surface area (Å²) >= 11 is 1.32. The van der Waals surface area contributed by atoms with Gasteiger partial charge in [0.25, 0.3) is 0 Å². The maximum absolute atomic E-state index is 12.5. The number of pyridine rings is 1. The molecule has 166 valence electrons. The summed E-state index contributed by atoms with van der Waals surface area (Å²) in [5, 5.41) is 12.2. The molecule has 1 amide bonds. The molecule has 0 radical (unpaired) electrons. The Bertz CT molecular complexity index is 1070. The zero-order chi connectivity index (χ0) is 22.3. The van der Waals surface area contributed by atoms with Gasteiger partial charge in [0, 0.05) is 30.3 Å². The van der Waals surface area contributed by atoms with Crippen LogP contribution in [0.3, 0.4) is 0 Å². The molecule has 1 atom stereocenters. The van der Waals surface area contributed by atoms with E-state index in [2.05, 4.69) is 25.2 Å². The van der Waals surface area contributed by atoms with E-state index in [1.807, 2.05) is 16.7 Å². The second-order valence-corrected chi connectivity index (χ2v) is 8.14. The van der Waals surface area contributed by atoms with Crippen LogP contribution in [0.15, 0.2) is 53.9 Å². The minimum atomic E-state index is -0.422. The molecule has 1 saturated heterocycles. The molecule has 1 N–H and O–H groups in total. The standard InChI is InChI=1S/C22H23N5O4S/c1-30-21(29)16-4-6-17(7-5-16)24-19(28)14-32-22-26-25-20(15-8-10-23-11-9-15)27(22)13-18-3-2-12-31-18/h4-11,18H,2-3,12-14H2,1H3,(H,24,28). The number of benzene rings is 1. The smallest absolute Gasteiger partial charge is 0.337 e. The fraction of sp³-hybridized carbons (Fsp3) is 0.318. The third kappa shape index (κ3) is 5.32. The average molecular weight is 454 g/mol. The van der Waals surface area contributed by atoms with E-state index in [9.17, 15) is 9.59 Å². The highest BCUT2D eigenvalue weighted by molar-refractivity contribution is 7.99. The van der Waals surface area contributed by atoms with E-state index in [0.717, 1.165) is 30.8 Å². The summed E-state index contributed by atoms with van der Waals surface area (Å²) in [6, 6.07) is 10.3. The molecule has 3 aromatic rings. The Morgan fingerprint density at radius 3 is 2.66 bits per heavy atom. The number of nitrogens with one attached hydrogen (secondary N) is 1. The summed E-state index contributed by atoms with van der Waals surface area (Å²) in [5.41, 5.74) is 1.93.